The maximum Gasteiger partial charge on any atom is 0.274 e. The molecular weight excluding hydrogens is 384 g/mol. The number of non-ortho nitro benzene ring substituents is 1. The maximum atomic E-state index is 12.6. The van der Waals surface area contributed by atoms with Gasteiger partial charge in [0.15, 0.2) is 11.5 Å². The van der Waals surface area contributed by atoms with Gasteiger partial charge in [-0.25, -0.2) is 8.42 Å². The molecule has 2 aromatic carbocycles. The Bertz CT molecular complexity index is 1040. The van der Waals surface area contributed by atoms with Crippen molar-refractivity contribution in [1.82, 2.24) is 0 Å². The van der Waals surface area contributed by atoms with Gasteiger partial charge in [-0.2, -0.15) is 5.26 Å². The van der Waals surface area contributed by atoms with Gasteiger partial charge in [-0.05, 0) is 30.3 Å². The van der Waals surface area contributed by atoms with Crippen LogP contribution in [-0.4, -0.2) is 25.6 Å². The highest BCUT2D eigenvalue weighted by Crippen LogP contribution is 2.36. The van der Waals surface area contributed by atoms with Crippen LogP contribution in [0.2, 0.25) is 5.02 Å². The van der Waals surface area contributed by atoms with Crippen molar-refractivity contribution in [1.29, 1.82) is 5.26 Å². The Morgan fingerprint density at radius 2 is 1.96 bits per heavy atom. The summed E-state index contributed by atoms with van der Waals surface area (Å²) in [4.78, 5) is 9.35. The third-order valence-electron chi connectivity index (χ3n) is 3.33. The quantitative estimate of drug-likeness (QED) is 0.467. The number of methoxy groups -OCH3 is 1. The average molecular weight is 395 g/mol. The molecule has 0 bridgehead atoms. The number of ether oxygens (including phenoxy) is 1. The van der Waals surface area contributed by atoms with Crippen LogP contribution in [0.1, 0.15) is 5.56 Å². The predicted molar refractivity (Wildman–Crippen MR) is 93.5 cm³/mol. The molecule has 0 atom stereocenters. The summed E-state index contributed by atoms with van der Waals surface area (Å²) in [5.74, 6) is -0.760. The summed E-state index contributed by atoms with van der Waals surface area (Å²) < 4.78 is 30.0. The summed E-state index contributed by atoms with van der Waals surface area (Å²) in [5.41, 5.74) is -0.683. The lowest BCUT2D eigenvalue weighted by Crippen LogP contribution is -2.03. The number of hydrogen-bond acceptors (Lipinski definition) is 7. The summed E-state index contributed by atoms with van der Waals surface area (Å²) in [6.07, 6.45) is 0.842. The highest BCUT2D eigenvalue weighted by Gasteiger charge is 2.23. The zero-order chi connectivity index (χ0) is 19.5. The minimum atomic E-state index is -4.22. The van der Waals surface area contributed by atoms with Gasteiger partial charge in [-0.3, -0.25) is 10.1 Å². The number of halogens is 1. The summed E-state index contributed by atoms with van der Waals surface area (Å²) in [6.45, 7) is 0. The van der Waals surface area contributed by atoms with Gasteiger partial charge in [0.1, 0.15) is 11.0 Å². The molecule has 0 aliphatic heterocycles. The molecule has 0 aliphatic carbocycles. The topological polar surface area (TPSA) is 131 Å². The van der Waals surface area contributed by atoms with Crippen LogP contribution in [0.4, 0.5) is 5.69 Å². The molecule has 8 nitrogen and oxygen atoms in total. The van der Waals surface area contributed by atoms with Crippen LogP contribution in [0.25, 0.3) is 6.08 Å². The van der Waals surface area contributed by atoms with E-state index in [1.807, 2.05) is 0 Å². The molecule has 0 saturated carbocycles. The molecule has 0 aliphatic rings. The number of hydrogen-bond donors (Lipinski definition) is 1. The number of sulfone groups is 1. The summed E-state index contributed by atoms with van der Waals surface area (Å²) >= 11 is 5.72. The first-order valence-corrected chi connectivity index (χ1v) is 8.74. The van der Waals surface area contributed by atoms with E-state index in [0.717, 1.165) is 18.2 Å². The Hall–Kier alpha value is -3.09. The van der Waals surface area contributed by atoms with Crippen LogP contribution >= 0.6 is 11.6 Å². The smallest absolute Gasteiger partial charge is 0.274 e. The number of aromatic hydroxyl groups is 1. The van der Waals surface area contributed by atoms with Crippen molar-refractivity contribution < 1.29 is 23.2 Å². The van der Waals surface area contributed by atoms with Crippen molar-refractivity contribution in [3.05, 3.63) is 62.0 Å². The van der Waals surface area contributed by atoms with Gasteiger partial charge in [-0.15, -0.1) is 0 Å². The van der Waals surface area contributed by atoms with Crippen LogP contribution in [0.5, 0.6) is 11.5 Å². The van der Waals surface area contributed by atoms with Crippen molar-refractivity contribution >= 4 is 33.2 Å². The van der Waals surface area contributed by atoms with E-state index in [-0.39, 0.29) is 16.2 Å². The number of benzene rings is 2. The number of phenols is 1. The van der Waals surface area contributed by atoms with Gasteiger partial charge in [-0.1, -0.05) is 11.6 Å². The van der Waals surface area contributed by atoms with Crippen molar-refractivity contribution in [2.24, 2.45) is 0 Å². The van der Waals surface area contributed by atoms with E-state index < -0.39 is 31.1 Å². The normalized spacial score (nSPS) is 11.7. The number of phenolic OH excluding ortho intramolecular Hbond substituents is 1. The molecular formula is C16H11ClN2O6S. The van der Waals surface area contributed by atoms with Crippen LogP contribution in [0, 0.1) is 21.4 Å². The molecule has 134 valence electrons. The maximum absolute atomic E-state index is 12.6. The number of allylic oxidation sites excluding steroid dienone is 1. The predicted octanol–water partition coefficient (Wildman–Crippen LogP) is 3.30. The van der Waals surface area contributed by atoms with Crippen molar-refractivity contribution in [3.63, 3.8) is 0 Å². The second-order valence-corrected chi connectivity index (χ2v) is 7.28. The Labute approximate surface area is 153 Å². The number of nitro benzene ring substituents is 1. The van der Waals surface area contributed by atoms with Crippen molar-refractivity contribution in [3.8, 4) is 17.6 Å². The van der Waals surface area contributed by atoms with Crippen LogP contribution in [0.3, 0.4) is 0 Å². The molecule has 0 unspecified atom stereocenters. The lowest BCUT2D eigenvalue weighted by molar-refractivity contribution is -0.385. The van der Waals surface area contributed by atoms with E-state index in [4.69, 9.17) is 16.3 Å². The van der Waals surface area contributed by atoms with Gasteiger partial charge in [0, 0.05) is 16.7 Å². The molecule has 0 heterocycles. The molecule has 0 radical (unpaired) electrons. The number of rotatable bonds is 5. The molecule has 10 heteroatoms. The van der Waals surface area contributed by atoms with Gasteiger partial charge in [0.25, 0.3) is 5.69 Å². The Balaban J connectivity index is 2.66. The second-order valence-electron chi connectivity index (χ2n) is 4.92. The van der Waals surface area contributed by atoms with E-state index in [9.17, 15) is 28.9 Å². The molecule has 0 saturated heterocycles. The molecule has 2 rings (SSSR count). The Morgan fingerprint density at radius 3 is 2.46 bits per heavy atom. The minimum absolute atomic E-state index is 0.188. The first-order chi connectivity index (χ1) is 12.2. The largest absolute Gasteiger partial charge is 0.504 e. The van der Waals surface area contributed by atoms with E-state index in [1.54, 1.807) is 0 Å². The molecule has 0 aromatic heterocycles. The molecule has 1 N–H and O–H groups in total. The first-order valence-electron chi connectivity index (χ1n) is 6.88. The summed E-state index contributed by atoms with van der Waals surface area (Å²) in [5, 5.41) is 30.7. The van der Waals surface area contributed by atoms with Gasteiger partial charge in [0.05, 0.1) is 23.0 Å². The fraction of sp³-hybridized carbons (Fsp3) is 0.0625. The molecule has 2 aromatic rings. The first kappa shape index (κ1) is 19.2. The van der Waals surface area contributed by atoms with E-state index in [0.29, 0.717) is 5.02 Å². The third-order valence-corrected chi connectivity index (χ3v) is 5.26. The number of nitro groups is 1. The Morgan fingerprint density at radius 1 is 1.35 bits per heavy atom. The van der Waals surface area contributed by atoms with Gasteiger partial charge in [0.2, 0.25) is 9.84 Å². The average Bonchev–Trinajstić information content (AvgIpc) is 2.60. The molecule has 0 amide bonds. The summed E-state index contributed by atoms with van der Waals surface area (Å²) in [6, 6.07) is 8.58. The standard InChI is InChI=1S/C16H11ClN2O6S/c1-25-15-8-12(19(21)22)6-10(16(15)20)7-14(9-18)26(23,24)13-4-2-11(17)3-5-13/h2-8,20H,1H3. The lowest BCUT2D eigenvalue weighted by atomic mass is 10.1. The highest BCUT2D eigenvalue weighted by atomic mass is 35.5. The zero-order valence-corrected chi connectivity index (χ0v) is 14.8. The number of nitrogens with zero attached hydrogens (tertiary/aromatic N) is 2. The third kappa shape index (κ3) is 3.77. The van der Waals surface area contributed by atoms with Crippen molar-refractivity contribution in [2.75, 3.05) is 7.11 Å². The van der Waals surface area contributed by atoms with Crippen LogP contribution < -0.4 is 4.74 Å². The van der Waals surface area contributed by atoms with E-state index in [2.05, 4.69) is 0 Å². The fourth-order valence-corrected chi connectivity index (χ4v) is 3.31. The molecule has 0 spiro atoms. The Kier molecular flexibility index (Phi) is 5.50. The molecule has 26 heavy (non-hydrogen) atoms. The minimum Gasteiger partial charge on any atom is -0.504 e. The SMILES string of the molecule is COc1cc([N+](=O)[O-])cc(C=C(C#N)S(=O)(=O)c2ccc(Cl)cc2)c1O. The van der Waals surface area contributed by atoms with Crippen LogP contribution in [-0.2, 0) is 9.84 Å². The molecule has 0 fully saturated rings. The van der Waals surface area contributed by atoms with Gasteiger partial charge >= 0.3 is 0 Å². The monoisotopic (exact) mass is 394 g/mol. The van der Waals surface area contributed by atoms with Crippen LogP contribution in [0.15, 0.2) is 46.2 Å². The second kappa shape index (κ2) is 7.43. The number of nitriles is 1. The fourth-order valence-electron chi connectivity index (χ4n) is 2.04. The van der Waals surface area contributed by atoms with Gasteiger partial charge < -0.3 is 9.84 Å². The zero-order valence-electron chi connectivity index (χ0n) is 13.2. The van der Waals surface area contributed by atoms with E-state index >= 15 is 0 Å². The highest BCUT2D eigenvalue weighted by molar-refractivity contribution is 7.95. The van der Waals surface area contributed by atoms with E-state index in [1.165, 1.54) is 37.4 Å². The lowest BCUT2D eigenvalue weighted by Gasteiger charge is -2.08. The summed E-state index contributed by atoms with van der Waals surface area (Å²) in [7, 11) is -3.03. The van der Waals surface area contributed by atoms with Crippen molar-refractivity contribution in [2.45, 2.75) is 4.90 Å².